The molecule has 10 heteroatoms. The van der Waals surface area contributed by atoms with E-state index in [0.29, 0.717) is 38.7 Å². The molecular formula is C19H16F3N3O2S2. The maximum Gasteiger partial charge on any atom is 0.416 e. The fourth-order valence-electron chi connectivity index (χ4n) is 2.34. The lowest BCUT2D eigenvalue weighted by Crippen LogP contribution is -2.11. The van der Waals surface area contributed by atoms with Gasteiger partial charge in [0.1, 0.15) is 5.75 Å². The van der Waals surface area contributed by atoms with Crippen LogP contribution in [0.4, 0.5) is 18.3 Å². The number of rotatable bonds is 7. The number of anilines is 1. The maximum absolute atomic E-state index is 12.8. The number of nitrogens with one attached hydrogen (secondary N) is 1. The van der Waals surface area contributed by atoms with Crippen LogP contribution in [-0.2, 0) is 11.9 Å². The Kier molecular flexibility index (Phi) is 6.75. The number of hydrogen-bond donors (Lipinski definition) is 1. The van der Waals surface area contributed by atoms with Crippen LogP contribution in [-0.4, -0.2) is 22.7 Å². The molecule has 0 fully saturated rings. The van der Waals surface area contributed by atoms with Gasteiger partial charge in [0.25, 0.3) is 5.91 Å². The van der Waals surface area contributed by atoms with Gasteiger partial charge in [0.2, 0.25) is 5.13 Å². The summed E-state index contributed by atoms with van der Waals surface area (Å²) < 4.78 is 44.2. The summed E-state index contributed by atoms with van der Waals surface area (Å²) in [6.07, 6.45) is -4.37. The maximum atomic E-state index is 12.8. The molecule has 0 aliphatic rings. The standard InChI is InChI=1S/C19H16F3N3O2S2/c1-2-27-15-8-6-13(7-9-15)16(26)23-17-24-25-18(29-17)28-11-12-4-3-5-14(10-12)19(20,21)22/h3-10H,2,11H2,1H3,(H,23,24,26). The number of carbonyl (C=O) groups excluding carboxylic acids is 1. The van der Waals surface area contributed by atoms with Crippen LogP contribution in [0.3, 0.4) is 0 Å². The number of carbonyl (C=O) groups is 1. The summed E-state index contributed by atoms with van der Waals surface area (Å²) in [6, 6.07) is 11.8. The molecule has 5 nitrogen and oxygen atoms in total. The zero-order valence-corrected chi connectivity index (χ0v) is 16.8. The first-order chi connectivity index (χ1) is 13.8. The topological polar surface area (TPSA) is 64.1 Å². The summed E-state index contributed by atoms with van der Waals surface area (Å²) in [6.45, 7) is 2.41. The van der Waals surface area contributed by atoms with E-state index in [9.17, 15) is 18.0 Å². The van der Waals surface area contributed by atoms with Crippen LogP contribution in [0.5, 0.6) is 5.75 Å². The minimum atomic E-state index is -4.37. The Hall–Kier alpha value is -2.59. The molecule has 0 unspecified atom stereocenters. The van der Waals surface area contributed by atoms with E-state index >= 15 is 0 Å². The van der Waals surface area contributed by atoms with E-state index in [1.165, 1.54) is 17.8 Å². The third-order valence-electron chi connectivity index (χ3n) is 3.67. The van der Waals surface area contributed by atoms with E-state index in [4.69, 9.17) is 4.74 Å². The first-order valence-corrected chi connectivity index (χ1v) is 10.3. The summed E-state index contributed by atoms with van der Waals surface area (Å²) >= 11 is 2.41. The van der Waals surface area contributed by atoms with Crippen molar-refractivity contribution >= 4 is 34.1 Å². The highest BCUT2D eigenvalue weighted by molar-refractivity contribution is 8.00. The molecule has 0 bridgehead atoms. The van der Waals surface area contributed by atoms with Crippen molar-refractivity contribution in [3.8, 4) is 5.75 Å². The Bertz CT molecular complexity index is 975. The highest BCUT2D eigenvalue weighted by atomic mass is 32.2. The second-order valence-corrected chi connectivity index (χ2v) is 7.97. The Morgan fingerprint density at radius 3 is 2.62 bits per heavy atom. The minimum Gasteiger partial charge on any atom is -0.494 e. The average molecular weight is 439 g/mol. The molecule has 0 saturated carbocycles. The second-order valence-electron chi connectivity index (χ2n) is 5.77. The Morgan fingerprint density at radius 1 is 1.17 bits per heavy atom. The predicted octanol–water partition coefficient (Wildman–Crippen LogP) is 5.50. The van der Waals surface area contributed by atoms with Gasteiger partial charge in [-0.25, -0.2) is 0 Å². The smallest absolute Gasteiger partial charge is 0.416 e. The van der Waals surface area contributed by atoms with Crippen LogP contribution in [0.1, 0.15) is 28.4 Å². The normalized spacial score (nSPS) is 11.3. The molecule has 0 aliphatic heterocycles. The summed E-state index contributed by atoms with van der Waals surface area (Å²) in [5, 5.41) is 10.8. The molecule has 1 N–H and O–H groups in total. The number of benzene rings is 2. The van der Waals surface area contributed by atoms with Gasteiger partial charge in [0, 0.05) is 11.3 Å². The Morgan fingerprint density at radius 2 is 1.93 bits per heavy atom. The van der Waals surface area contributed by atoms with Gasteiger partial charge >= 0.3 is 6.18 Å². The van der Waals surface area contributed by atoms with Gasteiger partial charge in [-0.15, -0.1) is 10.2 Å². The van der Waals surface area contributed by atoms with Crippen LogP contribution in [0.15, 0.2) is 52.9 Å². The van der Waals surface area contributed by atoms with Crippen molar-refractivity contribution in [2.75, 3.05) is 11.9 Å². The monoisotopic (exact) mass is 439 g/mol. The average Bonchev–Trinajstić information content (AvgIpc) is 3.14. The molecular weight excluding hydrogens is 423 g/mol. The largest absolute Gasteiger partial charge is 0.494 e. The molecule has 3 rings (SSSR count). The quantitative estimate of drug-likeness (QED) is 0.389. The van der Waals surface area contributed by atoms with Crippen molar-refractivity contribution in [3.63, 3.8) is 0 Å². The Balaban J connectivity index is 1.57. The van der Waals surface area contributed by atoms with E-state index in [1.54, 1.807) is 30.3 Å². The van der Waals surface area contributed by atoms with Gasteiger partial charge in [-0.3, -0.25) is 10.1 Å². The van der Waals surface area contributed by atoms with E-state index in [2.05, 4.69) is 15.5 Å². The first-order valence-electron chi connectivity index (χ1n) is 8.52. The number of amides is 1. The number of aromatic nitrogens is 2. The van der Waals surface area contributed by atoms with Crippen molar-refractivity contribution in [3.05, 3.63) is 65.2 Å². The minimum absolute atomic E-state index is 0.311. The van der Waals surface area contributed by atoms with Crippen LogP contribution in [0, 0.1) is 0 Å². The van der Waals surface area contributed by atoms with Crippen LogP contribution < -0.4 is 10.1 Å². The van der Waals surface area contributed by atoms with Gasteiger partial charge in [0.15, 0.2) is 4.34 Å². The lowest BCUT2D eigenvalue weighted by Gasteiger charge is -2.07. The summed E-state index contributed by atoms with van der Waals surface area (Å²) in [5.74, 6) is 0.651. The number of alkyl halides is 3. The van der Waals surface area contributed by atoms with Crippen LogP contribution in [0.2, 0.25) is 0 Å². The summed E-state index contributed by atoms with van der Waals surface area (Å²) in [4.78, 5) is 12.3. The molecule has 0 atom stereocenters. The molecule has 152 valence electrons. The second kappa shape index (κ2) is 9.27. The number of hydrogen-bond acceptors (Lipinski definition) is 6. The lowest BCUT2D eigenvalue weighted by molar-refractivity contribution is -0.137. The molecule has 2 aromatic carbocycles. The van der Waals surface area contributed by atoms with Gasteiger partial charge in [-0.05, 0) is 42.8 Å². The van der Waals surface area contributed by atoms with Crippen LogP contribution >= 0.6 is 23.1 Å². The van der Waals surface area contributed by atoms with Crippen molar-refractivity contribution in [1.82, 2.24) is 10.2 Å². The third kappa shape index (κ3) is 5.94. The van der Waals surface area contributed by atoms with Crippen LogP contribution in [0.25, 0.3) is 0 Å². The number of thioether (sulfide) groups is 1. The molecule has 1 amide bonds. The first kappa shape index (κ1) is 21.1. The third-order valence-corrected chi connectivity index (χ3v) is 5.71. The molecule has 29 heavy (non-hydrogen) atoms. The molecule has 1 aromatic heterocycles. The van der Waals surface area contributed by atoms with Gasteiger partial charge in [0.05, 0.1) is 12.2 Å². The number of ether oxygens (including phenoxy) is 1. The summed E-state index contributed by atoms with van der Waals surface area (Å²) in [5.41, 5.74) is 0.290. The zero-order valence-electron chi connectivity index (χ0n) is 15.2. The Labute approximate surface area is 173 Å². The van der Waals surface area contributed by atoms with E-state index in [-0.39, 0.29) is 5.91 Å². The number of nitrogens with zero attached hydrogens (tertiary/aromatic N) is 2. The molecule has 0 aliphatic carbocycles. The highest BCUT2D eigenvalue weighted by Crippen LogP contribution is 2.32. The van der Waals surface area contributed by atoms with E-state index < -0.39 is 11.7 Å². The predicted molar refractivity (Wildman–Crippen MR) is 106 cm³/mol. The molecule has 0 spiro atoms. The van der Waals surface area contributed by atoms with E-state index in [1.807, 2.05) is 6.92 Å². The molecule has 1 heterocycles. The summed E-state index contributed by atoms with van der Waals surface area (Å²) in [7, 11) is 0. The van der Waals surface area contributed by atoms with E-state index in [0.717, 1.165) is 23.5 Å². The highest BCUT2D eigenvalue weighted by Gasteiger charge is 2.30. The van der Waals surface area contributed by atoms with Crippen molar-refractivity contribution < 1.29 is 22.7 Å². The fourth-order valence-corrected chi connectivity index (χ4v) is 4.03. The molecule has 3 aromatic rings. The SMILES string of the molecule is CCOc1ccc(C(=O)Nc2nnc(SCc3cccc(C(F)(F)F)c3)s2)cc1. The van der Waals surface area contributed by atoms with Gasteiger partial charge in [-0.2, -0.15) is 13.2 Å². The van der Waals surface area contributed by atoms with Crippen molar-refractivity contribution in [1.29, 1.82) is 0 Å². The lowest BCUT2D eigenvalue weighted by atomic mass is 10.1. The molecule has 0 saturated heterocycles. The zero-order chi connectivity index (χ0) is 20.9. The van der Waals surface area contributed by atoms with Crippen molar-refractivity contribution in [2.45, 2.75) is 23.2 Å². The molecule has 0 radical (unpaired) electrons. The fraction of sp³-hybridized carbons (Fsp3) is 0.211. The van der Waals surface area contributed by atoms with Crippen molar-refractivity contribution in [2.24, 2.45) is 0 Å². The van der Waals surface area contributed by atoms with Gasteiger partial charge < -0.3 is 4.74 Å². The van der Waals surface area contributed by atoms with Gasteiger partial charge in [-0.1, -0.05) is 41.3 Å². The number of halogens is 3.